The van der Waals surface area contributed by atoms with Crippen molar-refractivity contribution in [1.29, 1.82) is 0 Å². The molecule has 2 aromatic heterocycles. The summed E-state index contributed by atoms with van der Waals surface area (Å²) in [5.41, 5.74) is 0.770. The van der Waals surface area contributed by atoms with Crippen LogP contribution in [-0.2, 0) is 0 Å². The average molecular weight is 399 g/mol. The maximum atomic E-state index is 13.8. The van der Waals surface area contributed by atoms with Crippen LogP contribution in [0.1, 0.15) is 29.0 Å². The van der Waals surface area contributed by atoms with Gasteiger partial charge in [0.15, 0.2) is 11.6 Å². The number of halogens is 3. The second-order valence-electron chi connectivity index (χ2n) is 6.89. The first-order valence-electron chi connectivity index (χ1n) is 8.82. The van der Waals surface area contributed by atoms with Gasteiger partial charge in [-0.3, -0.25) is 9.59 Å². The fourth-order valence-corrected chi connectivity index (χ4v) is 3.41. The Morgan fingerprint density at radius 1 is 1.03 bits per heavy atom. The van der Waals surface area contributed by atoms with Crippen molar-refractivity contribution in [2.24, 2.45) is 0 Å². The first kappa shape index (κ1) is 18.8. The Morgan fingerprint density at radius 3 is 2.45 bits per heavy atom. The number of hydrogen-bond donors (Lipinski definition) is 2. The molecular weight excluding hydrogens is 383 g/mol. The number of amides is 1. The molecule has 1 atom stereocenters. The van der Waals surface area contributed by atoms with Gasteiger partial charge in [0.25, 0.3) is 11.5 Å². The Bertz CT molecular complexity index is 1330. The number of benzene rings is 2. The van der Waals surface area contributed by atoms with Crippen molar-refractivity contribution in [3.8, 4) is 0 Å². The van der Waals surface area contributed by atoms with Crippen LogP contribution in [0, 0.1) is 17.5 Å². The van der Waals surface area contributed by atoms with Gasteiger partial charge in [-0.1, -0.05) is 0 Å². The molecule has 5 nitrogen and oxygen atoms in total. The van der Waals surface area contributed by atoms with Crippen LogP contribution in [0.25, 0.3) is 21.7 Å². The Kier molecular flexibility index (Phi) is 4.41. The zero-order chi connectivity index (χ0) is 20.9. The third kappa shape index (κ3) is 3.16. The van der Waals surface area contributed by atoms with Crippen LogP contribution < -0.4 is 5.56 Å². The van der Waals surface area contributed by atoms with Crippen LogP contribution in [-0.4, -0.2) is 27.8 Å². The standard InChI is InChI=1S/C21H16F3N3O2/c1-10(15-9-25-20(28)14-8-17(24)16(23)7-13(14)15)27(2)21(29)19-6-11-5-12(22)3-4-18(11)26-19/h3-10,26H,1-2H3,(H,25,28)/t10-/m1/s1. The highest BCUT2D eigenvalue weighted by atomic mass is 19.2. The number of aromatic nitrogens is 2. The van der Waals surface area contributed by atoms with Crippen molar-refractivity contribution < 1.29 is 18.0 Å². The van der Waals surface area contributed by atoms with E-state index in [9.17, 15) is 22.8 Å². The first-order chi connectivity index (χ1) is 13.8. The second kappa shape index (κ2) is 6.80. The van der Waals surface area contributed by atoms with Gasteiger partial charge >= 0.3 is 0 Å². The topological polar surface area (TPSA) is 69.0 Å². The summed E-state index contributed by atoms with van der Waals surface area (Å²) in [6, 6.07) is 6.92. The predicted molar refractivity (Wildman–Crippen MR) is 103 cm³/mol. The summed E-state index contributed by atoms with van der Waals surface area (Å²) in [4.78, 5) is 31.8. The van der Waals surface area contributed by atoms with E-state index < -0.39 is 29.1 Å². The maximum absolute atomic E-state index is 13.8. The van der Waals surface area contributed by atoms with E-state index in [1.54, 1.807) is 20.0 Å². The first-order valence-corrected chi connectivity index (χ1v) is 8.82. The minimum absolute atomic E-state index is 0.00446. The monoisotopic (exact) mass is 399 g/mol. The number of fused-ring (bicyclic) bond motifs is 2. The Balaban J connectivity index is 1.74. The third-order valence-electron chi connectivity index (χ3n) is 5.14. The quantitative estimate of drug-likeness (QED) is 0.541. The lowest BCUT2D eigenvalue weighted by Crippen LogP contribution is -2.30. The number of rotatable bonds is 3. The van der Waals surface area contributed by atoms with E-state index in [1.165, 1.54) is 29.3 Å². The molecule has 29 heavy (non-hydrogen) atoms. The largest absolute Gasteiger partial charge is 0.351 e. The van der Waals surface area contributed by atoms with Crippen molar-refractivity contribution in [2.75, 3.05) is 7.05 Å². The van der Waals surface area contributed by atoms with Gasteiger partial charge in [-0.25, -0.2) is 13.2 Å². The number of H-pyrrole nitrogens is 2. The van der Waals surface area contributed by atoms with E-state index in [1.807, 2.05) is 0 Å². The summed E-state index contributed by atoms with van der Waals surface area (Å²) in [5, 5.41) is 0.773. The van der Waals surface area contributed by atoms with Gasteiger partial charge in [-0.2, -0.15) is 0 Å². The van der Waals surface area contributed by atoms with Crippen LogP contribution in [0.2, 0.25) is 0 Å². The molecule has 0 aliphatic rings. The van der Waals surface area contributed by atoms with Crippen LogP contribution in [0.3, 0.4) is 0 Å². The molecule has 0 spiro atoms. The second-order valence-corrected chi connectivity index (χ2v) is 6.89. The Labute approximate surface area is 162 Å². The molecule has 0 saturated carbocycles. The van der Waals surface area contributed by atoms with Gasteiger partial charge in [-0.15, -0.1) is 0 Å². The minimum Gasteiger partial charge on any atom is -0.351 e. The van der Waals surface area contributed by atoms with Crippen molar-refractivity contribution in [1.82, 2.24) is 14.9 Å². The smallest absolute Gasteiger partial charge is 0.270 e. The van der Waals surface area contributed by atoms with E-state index >= 15 is 0 Å². The lowest BCUT2D eigenvalue weighted by atomic mass is 10.0. The van der Waals surface area contributed by atoms with Crippen LogP contribution >= 0.6 is 0 Å². The highest BCUT2D eigenvalue weighted by molar-refractivity contribution is 5.98. The number of pyridine rings is 1. The summed E-state index contributed by atoms with van der Waals surface area (Å²) in [6.45, 7) is 1.70. The van der Waals surface area contributed by atoms with E-state index in [0.717, 1.165) is 12.1 Å². The molecule has 2 aromatic carbocycles. The lowest BCUT2D eigenvalue weighted by Gasteiger charge is -2.25. The molecule has 2 heterocycles. The number of carbonyl (C=O) groups excluding carboxylic acids is 1. The molecule has 1 amide bonds. The van der Waals surface area contributed by atoms with Gasteiger partial charge in [0, 0.05) is 24.1 Å². The Hall–Kier alpha value is -3.55. The van der Waals surface area contributed by atoms with Crippen LogP contribution in [0.5, 0.6) is 0 Å². The molecule has 0 unspecified atom stereocenters. The Morgan fingerprint density at radius 2 is 1.72 bits per heavy atom. The van der Waals surface area contributed by atoms with Crippen LogP contribution in [0.4, 0.5) is 13.2 Å². The van der Waals surface area contributed by atoms with Gasteiger partial charge < -0.3 is 14.9 Å². The average Bonchev–Trinajstić information content (AvgIpc) is 3.11. The molecule has 0 fully saturated rings. The molecule has 0 bridgehead atoms. The van der Waals surface area contributed by atoms with Gasteiger partial charge in [-0.05, 0) is 54.3 Å². The van der Waals surface area contributed by atoms with Crippen molar-refractivity contribution in [3.05, 3.63) is 81.7 Å². The zero-order valence-corrected chi connectivity index (χ0v) is 15.5. The molecule has 4 rings (SSSR count). The summed E-state index contributed by atoms with van der Waals surface area (Å²) < 4.78 is 40.8. The summed E-state index contributed by atoms with van der Waals surface area (Å²) >= 11 is 0. The molecule has 8 heteroatoms. The van der Waals surface area contributed by atoms with E-state index in [-0.39, 0.29) is 22.4 Å². The van der Waals surface area contributed by atoms with Crippen molar-refractivity contribution in [2.45, 2.75) is 13.0 Å². The minimum atomic E-state index is -1.12. The SMILES string of the molecule is C[C@H](c1c[nH]c(=O)c2cc(F)c(F)cc12)N(C)C(=O)c1cc2cc(F)ccc2[nH]1. The van der Waals surface area contributed by atoms with Crippen molar-refractivity contribution >= 4 is 27.6 Å². The highest BCUT2D eigenvalue weighted by Crippen LogP contribution is 2.28. The number of carbonyl (C=O) groups is 1. The molecule has 2 N–H and O–H groups in total. The van der Waals surface area contributed by atoms with Gasteiger partial charge in [0.1, 0.15) is 11.5 Å². The molecule has 0 aliphatic heterocycles. The highest BCUT2D eigenvalue weighted by Gasteiger charge is 2.23. The lowest BCUT2D eigenvalue weighted by molar-refractivity contribution is 0.0738. The number of nitrogens with one attached hydrogen (secondary N) is 2. The van der Waals surface area contributed by atoms with E-state index in [4.69, 9.17) is 0 Å². The third-order valence-corrected chi connectivity index (χ3v) is 5.14. The predicted octanol–water partition coefficient (Wildman–Crippen LogP) is 4.26. The molecule has 4 aromatic rings. The molecule has 0 radical (unpaired) electrons. The number of hydrogen-bond acceptors (Lipinski definition) is 2. The molecular formula is C21H16F3N3O2. The van der Waals surface area contributed by atoms with Crippen molar-refractivity contribution in [3.63, 3.8) is 0 Å². The number of nitrogens with zero attached hydrogens (tertiary/aromatic N) is 1. The summed E-state index contributed by atoms with van der Waals surface area (Å²) in [7, 11) is 1.55. The molecule has 0 saturated heterocycles. The summed E-state index contributed by atoms with van der Waals surface area (Å²) in [5.74, 6) is -2.99. The van der Waals surface area contributed by atoms with Crippen LogP contribution in [0.15, 0.2) is 47.4 Å². The zero-order valence-electron chi connectivity index (χ0n) is 15.5. The summed E-state index contributed by atoms with van der Waals surface area (Å²) in [6.07, 6.45) is 1.39. The maximum Gasteiger partial charge on any atom is 0.270 e. The molecule has 0 aliphatic carbocycles. The normalized spacial score (nSPS) is 12.4. The fourth-order valence-electron chi connectivity index (χ4n) is 3.41. The van der Waals surface area contributed by atoms with E-state index in [2.05, 4.69) is 9.97 Å². The molecule has 148 valence electrons. The number of aromatic amines is 2. The van der Waals surface area contributed by atoms with E-state index in [0.29, 0.717) is 16.5 Å². The van der Waals surface area contributed by atoms with Gasteiger partial charge in [0.05, 0.1) is 11.4 Å². The van der Waals surface area contributed by atoms with Gasteiger partial charge in [0.2, 0.25) is 0 Å². The fraction of sp³-hybridized carbons (Fsp3) is 0.143.